The molecular formula is C18H19N3O3. The molecule has 3 rings (SSSR count). The number of hydrogen-bond donors (Lipinski definition) is 1. The lowest BCUT2D eigenvalue weighted by Crippen LogP contribution is -2.45. The molecule has 0 saturated heterocycles. The Hall–Kier alpha value is -2.73. The smallest absolute Gasteiger partial charge is 0.283 e. The Morgan fingerprint density at radius 3 is 2.79 bits per heavy atom. The monoisotopic (exact) mass is 325 g/mol. The van der Waals surface area contributed by atoms with Crippen molar-refractivity contribution in [2.24, 2.45) is 5.10 Å². The summed E-state index contributed by atoms with van der Waals surface area (Å²) < 4.78 is 5.59. The van der Waals surface area contributed by atoms with Crippen LogP contribution in [0.2, 0.25) is 0 Å². The fourth-order valence-electron chi connectivity index (χ4n) is 2.73. The second-order valence-corrected chi connectivity index (χ2v) is 5.83. The molecule has 1 aromatic heterocycles. The van der Waals surface area contributed by atoms with Gasteiger partial charge < -0.3 is 9.84 Å². The Kier molecular flexibility index (Phi) is 4.31. The minimum Gasteiger partial charge on any atom is -0.483 e. The first kappa shape index (κ1) is 16.1. The number of amides is 1. The highest BCUT2D eigenvalue weighted by atomic mass is 16.5. The minimum absolute atomic E-state index is 0.204. The van der Waals surface area contributed by atoms with Crippen LogP contribution >= 0.6 is 0 Å². The Bertz CT molecular complexity index is 776. The Morgan fingerprint density at radius 2 is 2.08 bits per heavy atom. The maximum atomic E-state index is 12.6. The molecule has 0 unspecified atom stereocenters. The van der Waals surface area contributed by atoms with Crippen molar-refractivity contribution in [3.8, 4) is 5.75 Å². The number of aryl methyl sites for hydroxylation is 1. The normalized spacial score (nSPS) is 20.0. The van der Waals surface area contributed by atoms with Crippen LogP contribution in [0.15, 0.2) is 53.9 Å². The van der Waals surface area contributed by atoms with Crippen molar-refractivity contribution in [2.75, 3.05) is 6.61 Å². The zero-order valence-electron chi connectivity index (χ0n) is 13.6. The predicted molar refractivity (Wildman–Crippen MR) is 89.4 cm³/mol. The van der Waals surface area contributed by atoms with E-state index in [0.717, 1.165) is 10.6 Å². The molecule has 0 aliphatic carbocycles. The molecular weight excluding hydrogens is 306 g/mol. The lowest BCUT2D eigenvalue weighted by molar-refractivity contribution is -0.159. The van der Waals surface area contributed by atoms with Crippen LogP contribution in [-0.4, -0.2) is 33.3 Å². The van der Waals surface area contributed by atoms with Crippen molar-refractivity contribution in [3.05, 3.63) is 59.9 Å². The van der Waals surface area contributed by atoms with Gasteiger partial charge in [-0.05, 0) is 31.5 Å². The zero-order valence-corrected chi connectivity index (χ0v) is 13.6. The fourth-order valence-corrected chi connectivity index (χ4v) is 2.73. The Labute approximate surface area is 140 Å². The molecule has 0 spiro atoms. The maximum Gasteiger partial charge on any atom is 0.283 e. The van der Waals surface area contributed by atoms with Crippen LogP contribution in [0.3, 0.4) is 0 Å². The third kappa shape index (κ3) is 3.00. The molecule has 1 aliphatic rings. The highest BCUT2D eigenvalue weighted by molar-refractivity contribution is 5.89. The molecule has 0 radical (unpaired) electrons. The average Bonchev–Trinajstić information content (AvgIpc) is 2.90. The number of ether oxygens (including phenoxy) is 1. The van der Waals surface area contributed by atoms with Gasteiger partial charge in [-0.25, -0.2) is 0 Å². The number of benzene rings is 1. The van der Waals surface area contributed by atoms with Crippen LogP contribution in [0.1, 0.15) is 24.5 Å². The van der Waals surface area contributed by atoms with Crippen molar-refractivity contribution >= 4 is 11.6 Å². The van der Waals surface area contributed by atoms with Crippen molar-refractivity contribution in [1.82, 2.24) is 9.99 Å². The number of carbonyl (C=O) groups is 1. The molecule has 0 fully saturated rings. The van der Waals surface area contributed by atoms with Crippen LogP contribution in [0.5, 0.6) is 5.75 Å². The van der Waals surface area contributed by atoms with Crippen LogP contribution < -0.4 is 4.74 Å². The fraction of sp³-hybridized carbons (Fsp3) is 0.278. The van der Waals surface area contributed by atoms with Gasteiger partial charge in [-0.2, -0.15) is 10.1 Å². The van der Waals surface area contributed by atoms with Gasteiger partial charge in [0.25, 0.3) is 5.91 Å². The van der Waals surface area contributed by atoms with E-state index in [-0.39, 0.29) is 13.0 Å². The van der Waals surface area contributed by atoms with Gasteiger partial charge in [-0.3, -0.25) is 9.78 Å². The number of aromatic nitrogens is 1. The summed E-state index contributed by atoms with van der Waals surface area (Å²) in [5, 5.41) is 16.3. The first-order valence-electron chi connectivity index (χ1n) is 7.69. The number of nitrogens with zero attached hydrogens (tertiary/aromatic N) is 3. The molecule has 6 heteroatoms. The number of rotatable bonds is 4. The van der Waals surface area contributed by atoms with E-state index < -0.39 is 11.6 Å². The van der Waals surface area contributed by atoms with Gasteiger partial charge in [-0.15, -0.1) is 0 Å². The SMILES string of the molecule is CC1=NN(C(=O)COc2ccccc2C)[C@](O)(c2cccnc2)C1. The molecule has 2 aromatic rings. The molecule has 1 atom stereocenters. The molecule has 24 heavy (non-hydrogen) atoms. The lowest BCUT2D eigenvalue weighted by Gasteiger charge is -2.31. The molecule has 124 valence electrons. The molecule has 1 aromatic carbocycles. The number of aliphatic hydroxyl groups is 1. The van der Waals surface area contributed by atoms with Crippen LogP contribution in [0.25, 0.3) is 0 Å². The summed E-state index contributed by atoms with van der Waals surface area (Å²) in [6.07, 6.45) is 3.40. The standard InChI is InChI=1S/C18H19N3O3/c1-13-6-3-4-8-16(13)24-12-17(22)21-18(23,10-14(2)20-21)15-7-5-9-19-11-15/h3-9,11,23H,10,12H2,1-2H3/t18-/m1/s1. The Balaban J connectivity index is 1.78. The maximum absolute atomic E-state index is 12.6. The summed E-state index contributed by atoms with van der Waals surface area (Å²) >= 11 is 0. The van der Waals surface area contributed by atoms with E-state index in [1.54, 1.807) is 31.3 Å². The highest BCUT2D eigenvalue weighted by Gasteiger charge is 2.45. The van der Waals surface area contributed by atoms with E-state index in [2.05, 4.69) is 10.1 Å². The topological polar surface area (TPSA) is 75.0 Å². The van der Waals surface area contributed by atoms with E-state index in [1.165, 1.54) is 6.20 Å². The van der Waals surface area contributed by atoms with E-state index in [4.69, 9.17) is 4.74 Å². The minimum atomic E-state index is -1.52. The number of hydrazone groups is 1. The third-order valence-corrected chi connectivity index (χ3v) is 3.93. The van der Waals surface area contributed by atoms with Gasteiger partial charge in [0.2, 0.25) is 0 Å². The van der Waals surface area contributed by atoms with Gasteiger partial charge in [0, 0.05) is 30.1 Å². The second kappa shape index (κ2) is 6.41. The predicted octanol–water partition coefficient (Wildman–Crippen LogP) is 2.22. The average molecular weight is 325 g/mol. The van der Waals surface area contributed by atoms with Crippen molar-refractivity contribution < 1.29 is 14.6 Å². The van der Waals surface area contributed by atoms with Gasteiger partial charge in [0.1, 0.15) is 5.75 Å². The molecule has 0 bridgehead atoms. The third-order valence-electron chi connectivity index (χ3n) is 3.93. The second-order valence-electron chi connectivity index (χ2n) is 5.83. The van der Waals surface area contributed by atoms with Gasteiger partial charge in [-0.1, -0.05) is 24.3 Å². The first-order valence-corrected chi connectivity index (χ1v) is 7.69. The quantitative estimate of drug-likeness (QED) is 0.935. The zero-order chi connectivity index (χ0) is 17.2. The Morgan fingerprint density at radius 1 is 1.29 bits per heavy atom. The number of para-hydroxylation sites is 1. The molecule has 1 N–H and O–H groups in total. The van der Waals surface area contributed by atoms with Crippen LogP contribution in [-0.2, 0) is 10.5 Å². The van der Waals surface area contributed by atoms with E-state index in [0.29, 0.717) is 17.0 Å². The van der Waals surface area contributed by atoms with Gasteiger partial charge >= 0.3 is 0 Å². The van der Waals surface area contributed by atoms with Crippen molar-refractivity contribution in [1.29, 1.82) is 0 Å². The van der Waals surface area contributed by atoms with Crippen LogP contribution in [0, 0.1) is 6.92 Å². The summed E-state index contributed by atoms with van der Waals surface area (Å²) in [6, 6.07) is 10.9. The van der Waals surface area contributed by atoms with E-state index >= 15 is 0 Å². The van der Waals surface area contributed by atoms with Gasteiger partial charge in [0.05, 0.1) is 0 Å². The van der Waals surface area contributed by atoms with Gasteiger partial charge in [0.15, 0.2) is 12.3 Å². The molecule has 6 nitrogen and oxygen atoms in total. The molecule has 0 saturated carbocycles. The summed E-state index contributed by atoms with van der Waals surface area (Å²) in [5.74, 6) is 0.220. The number of hydrogen-bond acceptors (Lipinski definition) is 5. The largest absolute Gasteiger partial charge is 0.483 e. The summed E-state index contributed by atoms with van der Waals surface area (Å²) in [6.45, 7) is 3.48. The summed E-state index contributed by atoms with van der Waals surface area (Å²) in [4.78, 5) is 16.6. The molecule has 1 aliphatic heterocycles. The van der Waals surface area contributed by atoms with E-state index in [1.807, 2.05) is 25.1 Å². The first-order chi connectivity index (χ1) is 11.5. The van der Waals surface area contributed by atoms with Crippen molar-refractivity contribution in [3.63, 3.8) is 0 Å². The number of carbonyl (C=O) groups excluding carboxylic acids is 1. The summed E-state index contributed by atoms with van der Waals surface area (Å²) in [5.41, 5.74) is 0.610. The number of pyridine rings is 1. The lowest BCUT2D eigenvalue weighted by atomic mass is 9.99. The highest BCUT2D eigenvalue weighted by Crippen LogP contribution is 2.34. The summed E-state index contributed by atoms with van der Waals surface area (Å²) in [7, 11) is 0. The van der Waals surface area contributed by atoms with Crippen molar-refractivity contribution in [2.45, 2.75) is 26.0 Å². The molecule has 1 amide bonds. The van der Waals surface area contributed by atoms with E-state index in [9.17, 15) is 9.90 Å². The van der Waals surface area contributed by atoms with Crippen LogP contribution in [0.4, 0.5) is 0 Å². The molecule has 2 heterocycles.